The minimum atomic E-state index is -0.434. The topological polar surface area (TPSA) is 63.4 Å². The van der Waals surface area contributed by atoms with Crippen LogP contribution in [-0.4, -0.2) is 52.3 Å². The van der Waals surface area contributed by atoms with E-state index in [0.29, 0.717) is 18.1 Å². The number of hydrogen-bond acceptors (Lipinski definition) is 4. The first-order valence-corrected chi connectivity index (χ1v) is 9.77. The van der Waals surface area contributed by atoms with E-state index in [1.165, 1.54) is 5.56 Å². The Morgan fingerprint density at radius 1 is 1.32 bits per heavy atom. The van der Waals surface area contributed by atoms with E-state index in [1.807, 2.05) is 18.2 Å². The van der Waals surface area contributed by atoms with Crippen molar-refractivity contribution in [3.05, 3.63) is 35.9 Å². The molecule has 1 unspecified atom stereocenters. The standard InChI is InChI=1S/C16H22N2O2S2/c17-16(20)14-11-22-10-8-18(14)15(19)12-21-9-4-7-13-5-2-1-3-6-13/h1-3,5-6,14H,4,7-12H2,(H2,17,20). The molecule has 1 aromatic carbocycles. The van der Waals surface area contributed by atoms with Crippen LogP contribution in [0.4, 0.5) is 0 Å². The van der Waals surface area contributed by atoms with Gasteiger partial charge in [0.05, 0.1) is 5.75 Å². The average Bonchev–Trinajstić information content (AvgIpc) is 2.55. The van der Waals surface area contributed by atoms with Crippen molar-refractivity contribution >= 4 is 35.3 Å². The Hall–Kier alpha value is -1.14. The number of aryl methyl sites for hydroxylation is 1. The molecule has 0 spiro atoms. The number of carbonyl (C=O) groups is 2. The number of carbonyl (C=O) groups excluding carboxylic acids is 2. The van der Waals surface area contributed by atoms with Crippen molar-refractivity contribution in [3.63, 3.8) is 0 Å². The number of rotatable bonds is 7. The highest BCUT2D eigenvalue weighted by Gasteiger charge is 2.30. The fraction of sp³-hybridized carbons (Fsp3) is 0.500. The lowest BCUT2D eigenvalue weighted by molar-refractivity contribution is -0.136. The van der Waals surface area contributed by atoms with E-state index < -0.39 is 11.9 Å². The van der Waals surface area contributed by atoms with Gasteiger partial charge in [-0.15, -0.1) is 0 Å². The molecule has 1 atom stereocenters. The minimum absolute atomic E-state index is 0.0359. The third-order valence-electron chi connectivity index (χ3n) is 3.60. The number of nitrogens with zero attached hydrogens (tertiary/aromatic N) is 1. The second kappa shape index (κ2) is 9.10. The second-order valence-electron chi connectivity index (χ2n) is 5.22. The molecule has 1 saturated heterocycles. The summed E-state index contributed by atoms with van der Waals surface area (Å²) in [5.74, 6) is 2.53. The predicted octanol–water partition coefficient (Wildman–Crippen LogP) is 1.78. The Labute approximate surface area is 140 Å². The molecule has 2 N–H and O–H groups in total. The fourth-order valence-electron chi connectivity index (χ4n) is 2.40. The maximum atomic E-state index is 12.2. The maximum Gasteiger partial charge on any atom is 0.241 e. The predicted molar refractivity (Wildman–Crippen MR) is 94.1 cm³/mol. The summed E-state index contributed by atoms with van der Waals surface area (Å²) in [6.45, 7) is 0.627. The molecule has 6 heteroatoms. The molecule has 1 aromatic rings. The summed E-state index contributed by atoms with van der Waals surface area (Å²) in [7, 11) is 0. The van der Waals surface area contributed by atoms with Gasteiger partial charge in [-0.3, -0.25) is 9.59 Å². The lowest BCUT2D eigenvalue weighted by Crippen LogP contribution is -2.53. The molecule has 1 aliphatic heterocycles. The molecule has 0 radical (unpaired) electrons. The van der Waals surface area contributed by atoms with Crippen LogP contribution >= 0.6 is 23.5 Å². The summed E-state index contributed by atoms with van der Waals surface area (Å²) in [6.07, 6.45) is 2.09. The van der Waals surface area contributed by atoms with Gasteiger partial charge < -0.3 is 10.6 Å². The Morgan fingerprint density at radius 3 is 2.82 bits per heavy atom. The molecule has 2 amide bonds. The highest BCUT2D eigenvalue weighted by molar-refractivity contribution is 8.00. The van der Waals surface area contributed by atoms with Gasteiger partial charge in [-0.2, -0.15) is 23.5 Å². The van der Waals surface area contributed by atoms with Crippen molar-refractivity contribution in [2.45, 2.75) is 18.9 Å². The number of thioether (sulfide) groups is 2. The van der Waals surface area contributed by atoms with E-state index in [9.17, 15) is 9.59 Å². The number of amides is 2. The van der Waals surface area contributed by atoms with Crippen molar-refractivity contribution < 1.29 is 9.59 Å². The van der Waals surface area contributed by atoms with E-state index in [2.05, 4.69) is 12.1 Å². The summed E-state index contributed by atoms with van der Waals surface area (Å²) in [5.41, 5.74) is 6.71. The van der Waals surface area contributed by atoms with Crippen LogP contribution in [0.2, 0.25) is 0 Å². The summed E-state index contributed by atoms with van der Waals surface area (Å²) < 4.78 is 0. The first-order valence-electron chi connectivity index (χ1n) is 7.46. The average molecular weight is 338 g/mol. The van der Waals surface area contributed by atoms with Crippen LogP contribution in [0.25, 0.3) is 0 Å². The van der Waals surface area contributed by atoms with Gasteiger partial charge in [0, 0.05) is 18.1 Å². The zero-order valence-electron chi connectivity index (χ0n) is 12.6. The largest absolute Gasteiger partial charge is 0.368 e. The molecule has 0 saturated carbocycles. The Bertz CT molecular complexity index is 496. The van der Waals surface area contributed by atoms with Crippen LogP contribution in [0.15, 0.2) is 30.3 Å². The second-order valence-corrected chi connectivity index (χ2v) is 7.48. The number of primary amides is 1. The van der Waals surface area contributed by atoms with Gasteiger partial charge >= 0.3 is 0 Å². The molecular weight excluding hydrogens is 316 g/mol. The Balaban J connectivity index is 1.67. The maximum absolute atomic E-state index is 12.2. The molecule has 0 aliphatic carbocycles. The summed E-state index contributed by atoms with van der Waals surface area (Å²) in [6, 6.07) is 9.92. The molecule has 1 heterocycles. The van der Waals surface area contributed by atoms with E-state index >= 15 is 0 Å². The number of nitrogens with two attached hydrogens (primary N) is 1. The smallest absolute Gasteiger partial charge is 0.241 e. The minimum Gasteiger partial charge on any atom is -0.368 e. The highest BCUT2D eigenvalue weighted by atomic mass is 32.2. The molecular formula is C16H22N2O2S2. The molecule has 0 bridgehead atoms. The van der Waals surface area contributed by atoms with Gasteiger partial charge in [-0.05, 0) is 24.2 Å². The third kappa shape index (κ3) is 5.25. The zero-order valence-corrected chi connectivity index (χ0v) is 14.2. The third-order valence-corrected chi connectivity index (χ3v) is 5.65. The highest BCUT2D eigenvalue weighted by Crippen LogP contribution is 2.18. The quantitative estimate of drug-likeness (QED) is 0.770. The van der Waals surface area contributed by atoms with Crippen LogP contribution < -0.4 is 5.73 Å². The van der Waals surface area contributed by atoms with E-state index in [-0.39, 0.29) is 5.91 Å². The first-order chi connectivity index (χ1) is 10.7. The normalized spacial score (nSPS) is 18.2. The zero-order chi connectivity index (χ0) is 15.8. The molecule has 1 aliphatic rings. The van der Waals surface area contributed by atoms with Crippen LogP contribution in [0.1, 0.15) is 12.0 Å². The van der Waals surface area contributed by atoms with Crippen molar-refractivity contribution in [1.29, 1.82) is 0 Å². The van der Waals surface area contributed by atoms with E-state index in [4.69, 9.17) is 5.73 Å². The monoisotopic (exact) mass is 338 g/mol. The van der Waals surface area contributed by atoms with Gasteiger partial charge in [0.2, 0.25) is 11.8 Å². The fourth-order valence-corrected chi connectivity index (χ4v) is 4.30. The van der Waals surface area contributed by atoms with Gasteiger partial charge in [-0.1, -0.05) is 30.3 Å². The number of hydrogen-bond donors (Lipinski definition) is 1. The van der Waals surface area contributed by atoms with Gasteiger partial charge in [0.15, 0.2) is 0 Å². The summed E-state index contributed by atoms with van der Waals surface area (Å²) in [5, 5.41) is 0. The molecule has 1 fully saturated rings. The van der Waals surface area contributed by atoms with Crippen LogP contribution in [-0.2, 0) is 16.0 Å². The SMILES string of the molecule is NC(=O)C1CSCCN1C(=O)CSCCCc1ccccc1. The molecule has 2 rings (SSSR count). The van der Waals surface area contributed by atoms with Crippen LogP contribution in [0.3, 0.4) is 0 Å². The Morgan fingerprint density at radius 2 is 2.09 bits per heavy atom. The van der Waals surface area contributed by atoms with Crippen LogP contribution in [0, 0.1) is 0 Å². The van der Waals surface area contributed by atoms with Crippen LogP contribution in [0.5, 0.6) is 0 Å². The molecule has 22 heavy (non-hydrogen) atoms. The molecule has 120 valence electrons. The number of benzene rings is 1. The van der Waals surface area contributed by atoms with Crippen molar-refractivity contribution in [1.82, 2.24) is 4.90 Å². The summed E-state index contributed by atoms with van der Waals surface area (Å²) >= 11 is 3.32. The van der Waals surface area contributed by atoms with Gasteiger partial charge in [-0.25, -0.2) is 0 Å². The molecule has 4 nitrogen and oxygen atoms in total. The van der Waals surface area contributed by atoms with Crippen molar-refractivity contribution in [2.24, 2.45) is 5.73 Å². The van der Waals surface area contributed by atoms with E-state index in [1.54, 1.807) is 28.4 Å². The van der Waals surface area contributed by atoms with Gasteiger partial charge in [0.25, 0.3) is 0 Å². The lowest BCUT2D eigenvalue weighted by Gasteiger charge is -2.33. The first kappa shape index (κ1) is 17.2. The summed E-state index contributed by atoms with van der Waals surface area (Å²) in [4.78, 5) is 25.3. The van der Waals surface area contributed by atoms with Crippen molar-refractivity contribution in [2.75, 3.05) is 29.6 Å². The Kier molecular flexibility index (Phi) is 7.12. The van der Waals surface area contributed by atoms with Crippen molar-refractivity contribution in [3.8, 4) is 0 Å². The van der Waals surface area contributed by atoms with E-state index in [0.717, 1.165) is 24.3 Å². The van der Waals surface area contributed by atoms with Gasteiger partial charge in [0.1, 0.15) is 6.04 Å². The lowest BCUT2D eigenvalue weighted by atomic mass is 10.1. The molecule has 0 aromatic heterocycles.